The normalized spacial score (nSPS) is 10.5. The standard InChI is InChI=1S/C14H10Cl2F2O/c15-7-9-3-1-6-12(18)14(9)19-8-10-4-2-5-11(17)13(10)16/h1-6H,7-8H2. The van der Waals surface area contributed by atoms with E-state index in [1.165, 1.54) is 18.2 Å². The maximum Gasteiger partial charge on any atom is 0.165 e. The summed E-state index contributed by atoms with van der Waals surface area (Å²) in [5.74, 6) is -0.846. The van der Waals surface area contributed by atoms with Gasteiger partial charge in [0.2, 0.25) is 0 Å². The Morgan fingerprint density at radius 3 is 2.26 bits per heavy atom. The zero-order valence-corrected chi connectivity index (χ0v) is 11.3. The van der Waals surface area contributed by atoms with Gasteiger partial charge < -0.3 is 4.74 Å². The second-order valence-electron chi connectivity index (χ2n) is 3.86. The number of rotatable bonds is 4. The van der Waals surface area contributed by atoms with Gasteiger partial charge in [-0.05, 0) is 12.1 Å². The smallest absolute Gasteiger partial charge is 0.165 e. The lowest BCUT2D eigenvalue weighted by atomic mass is 10.2. The highest BCUT2D eigenvalue weighted by Crippen LogP contribution is 2.27. The van der Waals surface area contributed by atoms with Crippen molar-refractivity contribution in [3.63, 3.8) is 0 Å². The van der Waals surface area contributed by atoms with Gasteiger partial charge in [0.25, 0.3) is 0 Å². The van der Waals surface area contributed by atoms with Crippen LogP contribution in [0.1, 0.15) is 11.1 Å². The number of para-hydroxylation sites is 1. The fourth-order valence-corrected chi connectivity index (χ4v) is 2.02. The monoisotopic (exact) mass is 302 g/mol. The van der Waals surface area contributed by atoms with Crippen LogP contribution in [0.5, 0.6) is 5.75 Å². The lowest BCUT2D eigenvalue weighted by Crippen LogP contribution is -2.01. The largest absolute Gasteiger partial charge is 0.485 e. The van der Waals surface area contributed by atoms with Crippen LogP contribution >= 0.6 is 23.2 Å². The maximum absolute atomic E-state index is 13.6. The highest BCUT2D eigenvalue weighted by Gasteiger charge is 2.11. The Morgan fingerprint density at radius 1 is 0.947 bits per heavy atom. The average Bonchev–Trinajstić information content (AvgIpc) is 2.41. The molecular formula is C14H10Cl2F2O. The molecule has 0 saturated heterocycles. The first-order chi connectivity index (χ1) is 9.13. The Kier molecular flexibility index (Phi) is 4.61. The van der Waals surface area contributed by atoms with Gasteiger partial charge in [-0.25, -0.2) is 8.78 Å². The Bertz CT molecular complexity index is 588. The summed E-state index contributed by atoms with van der Waals surface area (Å²) in [5, 5.41) is -0.0220. The van der Waals surface area contributed by atoms with E-state index in [9.17, 15) is 8.78 Å². The molecule has 0 aliphatic rings. The first-order valence-corrected chi connectivity index (χ1v) is 6.43. The molecule has 2 aromatic carbocycles. The van der Waals surface area contributed by atoms with Gasteiger partial charge in [-0.15, -0.1) is 11.6 Å². The SMILES string of the molecule is Fc1cccc(COc2c(F)cccc2CCl)c1Cl. The zero-order valence-electron chi connectivity index (χ0n) is 9.80. The lowest BCUT2D eigenvalue weighted by molar-refractivity contribution is 0.287. The second kappa shape index (κ2) is 6.22. The maximum atomic E-state index is 13.6. The van der Waals surface area contributed by atoms with Gasteiger partial charge >= 0.3 is 0 Å². The molecular weight excluding hydrogens is 293 g/mol. The van der Waals surface area contributed by atoms with Crippen molar-refractivity contribution in [1.29, 1.82) is 0 Å². The summed E-state index contributed by atoms with van der Waals surface area (Å²) in [6.45, 7) is -0.0264. The van der Waals surface area contributed by atoms with Crippen LogP contribution in [0, 0.1) is 11.6 Å². The van der Waals surface area contributed by atoms with Gasteiger partial charge in [-0.1, -0.05) is 35.9 Å². The minimum absolute atomic E-state index is 0.0220. The predicted molar refractivity (Wildman–Crippen MR) is 71.7 cm³/mol. The van der Waals surface area contributed by atoms with Gasteiger partial charge in [0, 0.05) is 11.1 Å². The van der Waals surface area contributed by atoms with E-state index >= 15 is 0 Å². The first-order valence-electron chi connectivity index (χ1n) is 5.52. The molecule has 0 amide bonds. The van der Waals surface area contributed by atoms with Crippen molar-refractivity contribution >= 4 is 23.2 Å². The molecule has 19 heavy (non-hydrogen) atoms. The van der Waals surface area contributed by atoms with E-state index in [2.05, 4.69) is 0 Å². The van der Waals surface area contributed by atoms with E-state index in [0.29, 0.717) is 11.1 Å². The van der Waals surface area contributed by atoms with Crippen molar-refractivity contribution in [3.8, 4) is 5.75 Å². The van der Waals surface area contributed by atoms with Gasteiger partial charge in [-0.3, -0.25) is 0 Å². The van der Waals surface area contributed by atoms with Gasteiger partial charge in [0.1, 0.15) is 12.4 Å². The van der Waals surface area contributed by atoms with E-state index in [-0.39, 0.29) is 23.3 Å². The molecule has 2 aromatic rings. The number of halogens is 4. The molecule has 0 aliphatic heterocycles. The van der Waals surface area contributed by atoms with Crippen molar-refractivity contribution < 1.29 is 13.5 Å². The number of ether oxygens (including phenoxy) is 1. The van der Waals surface area contributed by atoms with Crippen molar-refractivity contribution in [2.24, 2.45) is 0 Å². The van der Waals surface area contributed by atoms with Gasteiger partial charge in [0.15, 0.2) is 11.6 Å². The van der Waals surface area contributed by atoms with E-state index < -0.39 is 11.6 Å². The molecule has 0 bridgehead atoms. The molecule has 1 nitrogen and oxygen atoms in total. The molecule has 2 rings (SSSR count). The van der Waals surface area contributed by atoms with Crippen LogP contribution in [0.2, 0.25) is 5.02 Å². The van der Waals surface area contributed by atoms with Crippen LogP contribution in [0.25, 0.3) is 0 Å². The van der Waals surface area contributed by atoms with Crippen LogP contribution in [-0.4, -0.2) is 0 Å². The number of hydrogen-bond acceptors (Lipinski definition) is 1. The quantitative estimate of drug-likeness (QED) is 0.727. The van der Waals surface area contributed by atoms with Gasteiger partial charge in [-0.2, -0.15) is 0 Å². The summed E-state index contributed by atoms with van der Waals surface area (Å²) in [5.41, 5.74) is 0.986. The van der Waals surface area contributed by atoms with Crippen LogP contribution < -0.4 is 4.74 Å². The summed E-state index contributed by atoms with van der Waals surface area (Å²) in [6, 6.07) is 8.88. The summed E-state index contributed by atoms with van der Waals surface area (Å²) in [7, 11) is 0. The van der Waals surface area contributed by atoms with Crippen molar-refractivity contribution in [1.82, 2.24) is 0 Å². The van der Waals surface area contributed by atoms with Crippen LogP contribution in [-0.2, 0) is 12.5 Å². The predicted octanol–water partition coefficient (Wildman–Crippen LogP) is 4.94. The third kappa shape index (κ3) is 3.17. The number of benzene rings is 2. The molecule has 100 valence electrons. The zero-order chi connectivity index (χ0) is 13.8. The minimum Gasteiger partial charge on any atom is -0.485 e. The molecule has 0 saturated carbocycles. The van der Waals surface area contributed by atoms with Crippen molar-refractivity contribution in [2.45, 2.75) is 12.5 Å². The molecule has 0 unspecified atom stereocenters. The molecule has 0 spiro atoms. The second-order valence-corrected chi connectivity index (χ2v) is 4.51. The van der Waals surface area contributed by atoms with Gasteiger partial charge in [0.05, 0.1) is 10.9 Å². The molecule has 0 atom stereocenters. The third-order valence-corrected chi connectivity index (χ3v) is 3.31. The molecule has 0 fully saturated rings. The Labute approximate surface area is 119 Å². The third-order valence-electron chi connectivity index (χ3n) is 2.60. The molecule has 0 radical (unpaired) electrons. The first kappa shape index (κ1) is 14.1. The Morgan fingerprint density at radius 2 is 1.58 bits per heavy atom. The van der Waals surface area contributed by atoms with Crippen LogP contribution in [0.3, 0.4) is 0 Å². The summed E-state index contributed by atoms with van der Waals surface area (Å²) < 4.78 is 32.2. The summed E-state index contributed by atoms with van der Waals surface area (Å²) in [4.78, 5) is 0. The molecule has 0 aliphatic carbocycles. The topological polar surface area (TPSA) is 9.23 Å². The Balaban J connectivity index is 2.21. The van der Waals surface area contributed by atoms with Crippen LogP contribution in [0.15, 0.2) is 36.4 Å². The minimum atomic E-state index is -0.533. The lowest BCUT2D eigenvalue weighted by Gasteiger charge is -2.12. The molecule has 0 heterocycles. The van der Waals surface area contributed by atoms with E-state index in [1.807, 2.05) is 0 Å². The summed E-state index contributed by atoms with van der Waals surface area (Å²) >= 11 is 11.5. The van der Waals surface area contributed by atoms with E-state index in [1.54, 1.807) is 18.2 Å². The van der Waals surface area contributed by atoms with Crippen molar-refractivity contribution in [3.05, 3.63) is 64.2 Å². The van der Waals surface area contributed by atoms with Crippen molar-refractivity contribution in [2.75, 3.05) is 0 Å². The molecule has 0 N–H and O–H groups in total. The van der Waals surface area contributed by atoms with E-state index in [0.717, 1.165) is 0 Å². The fraction of sp³-hybridized carbons (Fsp3) is 0.143. The number of hydrogen-bond donors (Lipinski definition) is 0. The fourth-order valence-electron chi connectivity index (χ4n) is 1.63. The average molecular weight is 303 g/mol. The summed E-state index contributed by atoms with van der Waals surface area (Å²) in [6.07, 6.45) is 0. The number of alkyl halides is 1. The highest BCUT2D eigenvalue weighted by molar-refractivity contribution is 6.31. The molecule has 5 heteroatoms. The molecule has 0 aromatic heterocycles. The van der Waals surface area contributed by atoms with Crippen LogP contribution in [0.4, 0.5) is 8.78 Å². The highest BCUT2D eigenvalue weighted by atomic mass is 35.5. The van der Waals surface area contributed by atoms with E-state index in [4.69, 9.17) is 27.9 Å². The Hall–Kier alpha value is -1.32.